The van der Waals surface area contributed by atoms with Gasteiger partial charge in [-0.1, -0.05) is 36.4 Å². The predicted octanol–water partition coefficient (Wildman–Crippen LogP) is 2.67. The summed E-state index contributed by atoms with van der Waals surface area (Å²) >= 11 is 0. The van der Waals surface area contributed by atoms with E-state index < -0.39 is 48.1 Å². The summed E-state index contributed by atoms with van der Waals surface area (Å²) in [6, 6.07) is 9.10. The number of phenolic OH excluding ortho intramolecular Hbond substituents is 1. The number of primary amides is 1. The maximum absolute atomic E-state index is 13.9. The normalized spacial score (nSPS) is 12.7. The lowest BCUT2D eigenvalue weighted by Gasteiger charge is -2.34. The number of aliphatic hydroxyl groups is 1. The van der Waals surface area contributed by atoms with Gasteiger partial charge in [0.25, 0.3) is 5.91 Å². The first kappa shape index (κ1) is 31.1. The fraction of sp³-hybridized carbons (Fsp3) is 0.429. The highest BCUT2D eigenvalue weighted by Crippen LogP contribution is 2.33. The number of hydrogen-bond acceptors (Lipinski definition) is 7. The van der Waals surface area contributed by atoms with Crippen LogP contribution in [0.2, 0.25) is 0 Å². The summed E-state index contributed by atoms with van der Waals surface area (Å²) in [7, 11) is 0. The Morgan fingerprint density at radius 1 is 1.03 bits per heavy atom. The molecule has 2 aromatic rings. The van der Waals surface area contributed by atoms with Crippen LogP contribution in [0.4, 0.5) is 10.5 Å². The maximum atomic E-state index is 13.9. The van der Waals surface area contributed by atoms with Crippen LogP contribution in [-0.4, -0.2) is 63.7 Å². The van der Waals surface area contributed by atoms with E-state index in [1.807, 2.05) is 6.07 Å². The molecule has 11 nitrogen and oxygen atoms in total. The quantitative estimate of drug-likeness (QED) is 0.290. The van der Waals surface area contributed by atoms with Crippen LogP contribution in [0.3, 0.4) is 0 Å². The monoisotopic (exact) mass is 542 g/mol. The number of nitrogens with one attached hydrogen (secondary N) is 2. The van der Waals surface area contributed by atoms with Crippen molar-refractivity contribution < 1.29 is 34.1 Å². The van der Waals surface area contributed by atoms with Crippen molar-refractivity contribution in [2.75, 3.05) is 18.5 Å². The number of carbonyl (C=O) groups is 4. The fourth-order valence-corrected chi connectivity index (χ4v) is 3.94. The zero-order chi connectivity index (χ0) is 29.3. The lowest BCUT2D eigenvalue weighted by Crippen LogP contribution is -2.53. The van der Waals surface area contributed by atoms with E-state index in [9.17, 15) is 29.4 Å². The van der Waals surface area contributed by atoms with E-state index >= 15 is 0 Å². The summed E-state index contributed by atoms with van der Waals surface area (Å²) < 4.78 is 5.28. The van der Waals surface area contributed by atoms with Crippen LogP contribution in [0, 0.1) is 13.8 Å². The number of anilines is 1. The molecule has 2 rings (SSSR count). The van der Waals surface area contributed by atoms with Gasteiger partial charge in [0.2, 0.25) is 11.8 Å². The standard InChI is InChI=1S/C28H38N4O7/c1-17-9-6-7-12-20(17)30-25(36)23(19-11-8-10-18(2)24(19)35)32(15-16-33)26(37)21(13-14-22(29)34)31-27(38)39-28(3,4)5/h6-12,21,23,33,35H,13-16H2,1-5H3,(H2,29,34)(H,30,36)(H,31,38). The second-order valence-corrected chi connectivity index (χ2v) is 10.2. The van der Waals surface area contributed by atoms with Crippen LogP contribution < -0.4 is 16.4 Å². The molecule has 0 aromatic heterocycles. The van der Waals surface area contributed by atoms with Crippen molar-refractivity contribution in [2.45, 2.75) is 65.1 Å². The molecule has 0 aliphatic rings. The lowest BCUT2D eigenvalue weighted by atomic mass is 9.98. The molecule has 0 saturated heterocycles. The first-order chi connectivity index (χ1) is 18.2. The van der Waals surface area contributed by atoms with Crippen molar-refractivity contribution in [2.24, 2.45) is 5.73 Å². The third-order valence-corrected chi connectivity index (χ3v) is 5.82. The maximum Gasteiger partial charge on any atom is 0.408 e. The first-order valence-corrected chi connectivity index (χ1v) is 12.6. The molecule has 0 radical (unpaired) electrons. The lowest BCUT2D eigenvalue weighted by molar-refractivity contribution is -0.141. The van der Waals surface area contributed by atoms with Gasteiger partial charge in [-0.05, 0) is 58.2 Å². The third kappa shape index (κ3) is 8.99. The number of aryl methyl sites for hydroxylation is 2. The number of phenols is 1. The van der Waals surface area contributed by atoms with E-state index in [0.29, 0.717) is 11.3 Å². The van der Waals surface area contributed by atoms with Gasteiger partial charge in [-0.2, -0.15) is 0 Å². The molecule has 0 aliphatic heterocycles. The molecule has 0 heterocycles. The second kappa shape index (κ2) is 13.6. The zero-order valence-electron chi connectivity index (χ0n) is 23.0. The van der Waals surface area contributed by atoms with Gasteiger partial charge in [-0.25, -0.2) is 4.79 Å². The minimum atomic E-state index is -1.40. The van der Waals surface area contributed by atoms with Crippen LogP contribution in [-0.2, 0) is 19.1 Å². The van der Waals surface area contributed by atoms with Crippen LogP contribution in [0.5, 0.6) is 5.75 Å². The number of hydrogen-bond donors (Lipinski definition) is 5. The van der Waals surface area contributed by atoms with Crippen molar-refractivity contribution in [1.82, 2.24) is 10.2 Å². The largest absolute Gasteiger partial charge is 0.507 e. The van der Waals surface area contributed by atoms with Crippen LogP contribution >= 0.6 is 0 Å². The molecule has 0 saturated carbocycles. The topological polar surface area (TPSA) is 171 Å². The van der Waals surface area contributed by atoms with Crippen LogP contribution in [0.1, 0.15) is 56.3 Å². The van der Waals surface area contributed by atoms with Gasteiger partial charge in [-0.3, -0.25) is 14.4 Å². The summed E-state index contributed by atoms with van der Waals surface area (Å²) in [5.41, 5.74) is 6.28. The van der Waals surface area contributed by atoms with E-state index in [2.05, 4.69) is 10.6 Å². The molecule has 0 spiro atoms. The molecule has 2 unspecified atom stereocenters. The number of benzene rings is 2. The van der Waals surface area contributed by atoms with Gasteiger partial charge in [0.05, 0.1) is 6.61 Å². The molecular weight excluding hydrogens is 504 g/mol. The molecule has 0 aliphatic carbocycles. The molecule has 0 fully saturated rings. The zero-order valence-corrected chi connectivity index (χ0v) is 23.0. The van der Waals surface area contributed by atoms with Gasteiger partial charge in [0.1, 0.15) is 23.4 Å². The second-order valence-electron chi connectivity index (χ2n) is 10.2. The number of aliphatic hydroxyl groups excluding tert-OH is 1. The highest BCUT2D eigenvalue weighted by Gasteiger charge is 2.37. The SMILES string of the molecule is Cc1ccccc1NC(=O)C(c1cccc(C)c1O)N(CCO)C(=O)C(CCC(N)=O)NC(=O)OC(C)(C)C. The molecule has 2 aromatic carbocycles. The van der Waals surface area contributed by atoms with Crippen LogP contribution in [0.15, 0.2) is 42.5 Å². The Labute approximate surface area is 228 Å². The van der Waals surface area contributed by atoms with Gasteiger partial charge in [-0.15, -0.1) is 0 Å². The average Bonchev–Trinajstić information content (AvgIpc) is 2.83. The van der Waals surface area contributed by atoms with Crippen LogP contribution in [0.25, 0.3) is 0 Å². The number of ether oxygens (including phenoxy) is 1. The van der Waals surface area contributed by atoms with Gasteiger partial charge < -0.3 is 36.2 Å². The number of amides is 4. The van der Waals surface area contributed by atoms with Crippen molar-refractivity contribution >= 4 is 29.5 Å². The average molecular weight is 543 g/mol. The first-order valence-electron chi connectivity index (χ1n) is 12.6. The molecule has 11 heteroatoms. The Morgan fingerprint density at radius 2 is 1.67 bits per heavy atom. The van der Waals surface area contributed by atoms with E-state index in [-0.39, 0.29) is 30.7 Å². The van der Waals surface area contributed by atoms with Gasteiger partial charge in [0, 0.05) is 24.2 Å². The number of alkyl carbamates (subject to hydrolysis) is 1. The molecule has 212 valence electrons. The third-order valence-electron chi connectivity index (χ3n) is 5.82. The molecule has 2 atom stereocenters. The summed E-state index contributed by atoms with van der Waals surface area (Å²) in [5.74, 6) is -2.33. The summed E-state index contributed by atoms with van der Waals surface area (Å²) in [5, 5.41) is 26.0. The Morgan fingerprint density at radius 3 is 2.26 bits per heavy atom. The summed E-state index contributed by atoms with van der Waals surface area (Å²) in [6.07, 6.45) is -1.33. The van der Waals surface area contributed by atoms with Crippen molar-refractivity contribution in [3.8, 4) is 5.75 Å². The van der Waals surface area contributed by atoms with Crippen molar-refractivity contribution in [1.29, 1.82) is 0 Å². The Bertz CT molecular complexity index is 1190. The van der Waals surface area contributed by atoms with Crippen molar-refractivity contribution in [3.63, 3.8) is 0 Å². The van der Waals surface area contributed by atoms with E-state index in [1.165, 1.54) is 6.07 Å². The molecular formula is C28H38N4O7. The number of carbonyl (C=O) groups excluding carboxylic acids is 4. The summed E-state index contributed by atoms with van der Waals surface area (Å²) in [4.78, 5) is 52.8. The predicted molar refractivity (Wildman–Crippen MR) is 146 cm³/mol. The number of aromatic hydroxyl groups is 1. The number of nitrogens with zero attached hydrogens (tertiary/aromatic N) is 1. The Balaban J connectivity index is 2.57. The summed E-state index contributed by atoms with van der Waals surface area (Å²) in [6.45, 7) is 7.55. The highest BCUT2D eigenvalue weighted by atomic mass is 16.6. The number of nitrogens with two attached hydrogens (primary N) is 1. The number of rotatable bonds is 11. The highest BCUT2D eigenvalue weighted by molar-refractivity contribution is 6.00. The van der Waals surface area contributed by atoms with E-state index in [1.54, 1.807) is 65.0 Å². The molecule has 6 N–H and O–H groups in total. The van der Waals surface area contributed by atoms with E-state index in [0.717, 1.165) is 10.5 Å². The molecule has 4 amide bonds. The fourth-order valence-electron chi connectivity index (χ4n) is 3.94. The molecule has 39 heavy (non-hydrogen) atoms. The van der Waals surface area contributed by atoms with Gasteiger partial charge >= 0.3 is 6.09 Å². The number of para-hydroxylation sites is 2. The minimum absolute atomic E-state index is 0.119. The molecule has 0 bridgehead atoms. The van der Waals surface area contributed by atoms with E-state index in [4.69, 9.17) is 10.5 Å². The Kier molecular flexibility index (Phi) is 10.9. The Hall–Kier alpha value is -4.12. The minimum Gasteiger partial charge on any atom is -0.507 e. The van der Waals surface area contributed by atoms with Crippen molar-refractivity contribution in [3.05, 3.63) is 59.2 Å². The smallest absolute Gasteiger partial charge is 0.408 e. The van der Waals surface area contributed by atoms with Gasteiger partial charge in [0.15, 0.2) is 0 Å².